The first-order chi connectivity index (χ1) is 16.5. The van der Waals surface area contributed by atoms with Crippen LogP contribution in [0.2, 0.25) is 0 Å². The van der Waals surface area contributed by atoms with Gasteiger partial charge in [-0.3, -0.25) is 34.3 Å². The minimum Gasteiger partial charge on any atom is -0.317 e. The van der Waals surface area contributed by atoms with Crippen molar-refractivity contribution in [2.45, 2.75) is 50.9 Å². The van der Waals surface area contributed by atoms with E-state index < -0.39 is 23.8 Å². The van der Waals surface area contributed by atoms with Crippen molar-refractivity contribution in [2.75, 3.05) is 13.1 Å². The minimum atomic E-state index is -0.956. The van der Waals surface area contributed by atoms with Gasteiger partial charge < -0.3 is 5.32 Å². The van der Waals surface area contributed by atoms with Gasteiger partial charge in [0.25, 0.3) is 11.8 Å². The summed E-state index contributed by atoms with van der Waals surface area (Å²) >= 11 is 0. The number of benzene rings is 2. The number of hydrogen-bond donors (Lipinski definition) is 2. The summed E-state index contributed by atoms with van der Waals surface area (Å²) in [6.07, 6.45) is 2.28. The summed E-state index contributed by atoms with van der Waals surface area (Å²) in [6, 6.07) is 15.0. The Bertz CT molecular complexity index is 1130. The van der Waals surface area contributed by atoms with Crippen molar-refractivity contribution in [3.05, 3.63) is 70.8 Å². The average Bonchev–Trinajstić information content (AvgIpc) is 3.11. The molecule has 5 rings (SSSR count). The van der Waals surface area contributed by atoms with Crippen LogP contribution in [0.15, 0.2) is 48.5 Å². The summed E-state index contributed by atoms with van der Waals surface area (Å²) in [5, 5.41) is 5.66. The summed E-state index contributed by atoms with van der Waals surface area (Å²) in [4.78, 5) is 54.1. The molecule has 0 saturated carbocycles. The van der Waals surface area contributed by atoms with E-state index in [0.717, 1.165) is 42.9 Å². The van der Waals surface area contributed by atoms with Gasteiger partial charge in [0.15, 0.2) is 0 Å². The molecule has 0 bridgehead atoms. The lowest BCUT2D eigenvalue weighted by Crippen LogP contribution is -2.54. The van der Waals surface area contributed by atoms with E-state index in [-0.39, 0.29) is 18.7 Å². The molecule has 0 spiro atoms. The summed E-state index contributed by atoms with van der Waals surface area (Å²) in [7, 11) is 0. The number of rotatable bonds is 6. The van der Waals surface area contributed by atoms with Gasteiger partial charge in [-0.25, -0.2) is 0 Å². The first-order valence-electron chi connectivity index (χ1n) is 11.8. The highest BCUT2D eigenvalue weighted by molar-refractivity contribution is 6.24. The van der Waals surface area contributed by atoms with Crippen LogP contribution in [-0.4, -0.2) is 58.6 Å². The molecule has 0 aliphatic carbocycles. The van der Waals surface area contributed by atoms with Crippen molar-refractivity contribution in [3.63, 3.8) is 0 Å². The Balaban J connectivity index is 1.44. The monoisotopic (exact) mass is 460 g/mol. The number of carbonyl (C=O) groups is 4. The summed E-state index contributed by atoms with van der Waals surface area (Å²) < 4.78 is 0. The lowest BCUT2D eigenvalue weighted by Gasteiger charge is -2.35. The van der Waals surface area contributed by atoms with Crippen molar-refractivity contribution < 1.29 is 19.2 Å². The van der Waals surface area contributed by atoms with Crippen molar-refractivity contribution in [2.24, 2.45) is 0 Å². The lowest BCUT2D eigenvalue weighted by molar-refractivity contribution is -0.136. The van der Waals surface area contributed by atoms with Gasteiger partial charge in [0.05, 0.1) is 11.1 Å². The molecule has 8 nitrogen and oxygen atoms in total. The molecule has 176 valence electrons. The zero-order valence-corrected chi connectivity index (χ0v) is 19.0. The molecule has 34 heavy (non-hydrogen) atoms. The van der Waals surface area contributed by atoms with Crippen LogP contribution in [0.25, 0.3) is 0 Å². The predicted octanol–water partition coefficient (Wildman–Crippen LogP) is 1.84. The van der Waals surface area contributed by atoms with Gasteiger partial charge in [-0.15, -0.1) is 0 Å². The van der Waals surface area contributed by atoms with E-state index >= 15 is 0 Å². The van der Waals surface area contributed by atoms with Crippen LogP contribution in [0.3, 0.4) is 0 Å². The Kier molecular flexibility index (Phi) is 6.26. The molecule has 2 aromatic carbocycles. The fourth-order valence-electron chi connectivity index (χ4n) is 5.24. The average molecular weight is 461 g/mol. The highest BCUT2D eigenvalue weighted by Crippen LogP contribution is 2.31. The Morgan fingerprint density at radius 2 is 1.62 bits per heavy atom. The van der Waals surface area contributed by atoms with Crippen LogP contribution < -0.4 is 10.6 Å². The Morgan fingerprint density at radius 3 is 2.35 bits per heavy atom. The quantitative estimate of drug-likeness (QED) is 0.639. The topological polar surface area (TPSA) is 98.8 Å². The molecule has 2 fully saturated rings. The Morgan fingerprint density at radius 1 is 0.853 bits per heavy atom. The molecule has 2 saturated heterocycles. The predicted molar refractivity (Wildman–Crippen MR) is 125 cm³/mol. The zero-order chi connectivity index (χ0) is 23.7. The summed E-state index contributed by atoms with van der Waals surface area (Å²) in [5.41, 5.74) is 2.70. The molecule has 1 unspecified atom stereocenters. The van der Waals surface area contributed by atoms with Crippen molar-refractivity contribution >= 4 is 23.6 Å². The zero-order valence-electron chi connectivity index (χ0n) is 19.0. The number of nitrogens with one attached hydrogen (secondary N) is 2. The summed E-state index contributed by atoms with van der Waals surface area (Å²) in [5.74, 6) is -1.88. The van der Waals surface area contributed by atoms with E-state index in [0.29, 0.717) is 23.7 Å². The SMILES string of the molecule is O=C1CCC(N2C(=O)c3cccc(CN(Cc4ccccc4)C4CCNCC4)c3C2=O)C(=O)N1. The van der Waals surface area contributed by atoms with Crippen LogP contribution >= 0.6 is 0 Å². The van der Waals surface area contributed by atoms with Gasteiger partial charge in [-0.05, 0) is 49.5 Å². The van der Waals surface area contributed by atoms with Crippen LogP contribution in [0, 0.1) is 0 Å². The normalized spacial score (nSPS) is 21.2. The van der Waals surface area contributed by atoms with E-state index in [4.69, 9.17) is 0 Å². The smallest absolute Gasteiger partial charge is 0.262 e. The third kappa shape index (κ3) is 4.26. The first kappa shape index (κ1) is 22.4. The first-order valence-corrected chi connectivity index (χ1v) is 11.8. The van der Waals surface area contributed by atoms with Crippen molar-refractivity contribution in [1.29, 1.82) is 0 Å². The molecule has 2 aromatic rings. The van der Waals surface area contributed by atoms with Crippen molar-refractivity contribution in [1.82, 2.24) is 20.4 Å². The number of amides is 4. The molecule has 8 heteroatoms. The van der Waals surface area contributed by atoms with Gasteiger partial charge in [0.2, 0.25) is 11.8 Å². The molecule has 2 N–H and O–H groups in total. The molecular formula is C26H28N4O4. The van der Waals surface area contributed by atoms with Gasteiger partial charge >= 0.3 is 0 Å². The third-order valence-corrected chi connectivity index (χ3v) is 6.98. The minimum absolute atomic E-state index is 0.108. The number of piperidine rings is 2. The number of carbonyl (C=O) groups excluding carboxylic acids is 4. The van der Waals surface area contributed by atoms with Gasteiger partial charge in [0.1, 0.15) is 6.04 Å². The molecular weight excluding hydrogens is 432 g/mol. The second-order valence-corrected chi connectivity index (χ2v) is 9.16. The highest BCUT2D eigenvalue weighted by atomic mass is 16.2. The summed E-state index contributed by atoms with van der Waals surface area (Å²) in [6.45, 7) is 3.17. The molecule has 1 atom stereocenters. The molecule has 4 amide bonds. The van der Waals surface area contributed by atoms with Gasteiger partial charge in [0, 0.05) is 25.6 Å². The number of imide groups is 2. The largest absolute Gasteiger partial charge is 0.317 e. The molecule has 0 radical (unpaired) electrons. The van der Waals surface area contributed by atoms with E-state index in [1.54, 1.807) is 12.1 Å². The molecule has 3 aliphatic rings. The van der Waals surface area contributed by atoms with Crippen LogP contribution in [0.5, 0.6) is 0 Å². The van der Waals surface area contributed by atoms with Crippen molar-refractivity contribution in [3.8, 4) is 0 Å². The van der Waals surface area contributed by atoms with Crippen LogP contribution in [0.1, 0.15) is 57.5 Å². The van der Waals surface area contributed by atoms with E-state index in [9.17, 15) is 19.2 Å². The van der Waals surface area contributed by atoms with Gasteiger partial charge in [-0.2, -0.15) is 0 Å². The van der Waals surface area contributed by atoms with E-state index in [2.05, 4.69) is 27.7 Å². The third-order valence-electron chi connectivity index (χ3n) is 6.98. The second kappa shape index (κ2) is 9.48. The highest BCUT2D eigenvalue weighted by Gasteiger charge is 2.45. The maximum absolute atomic E-state index is 13.5. The standard InChI is InChI=1S/C26H28N4O4/c31-22-10-9-21(24(32)28-22)30-25(33)20-8-4-7-18(23(20)26(30)34)16-29(19-11-13-27-14-12-19)15-17-5-2-1-3-6-17/h1-8,19,21,27H,9-16H2,(H,28,31,32). The van der Waals surface area contributed by atoms with Gasteiger partial charge in [-0.1, -0.05) is 42.5 Å². The number of hydrogen-bond acceptors (Lipinski definition) is 6. The molecule has 0 aromatic heterocycles. The van der Waals surface area contributed by atoms with Crippen LogP contribution in [0.4, 0.5) is 0 Å². The molecule has 3 aliphatic heterocycles. The molecule has 3 heterocycles. The Hall–Kier alpha value is -3.36. The fraction of sp³-hybridized carbons (Fsp3) is 0.385. The second-order valence-electron chi connectivity index (χ2n) is 9.16. The maximum atomic E-state index is 13.5. The lowest BCUT2D eigenvalue weighted by atomic mass is 9.99. The maximum Gasteiger partial charge on any atom is 0.262 e. The fourth-order valence-corrected chi connectivity index (χ4v) is 5.24. The Labute approximate surface area is 198 Å². The van der Waals surface area contributed by atoms with E-state index in [1.807, 2.05) is 24.3 Å². The number of nitrogens with zero attached hydrogens (tertiary/aromatic N) is 2. The number of fused-ring (bicyclic) bond motifs is 1. The van der Waals surface area contributed by atoms with Crippen LogP contribution in [-0.2, 0) is 22.7 Å². The van der Waals surface area contributed by atoms with E-state index in [1.165, 1.54) is 5.56 Å².